The molecule has 0 fully saturated rings. The Morgan fingerprint density at radius 2 is 1.22 bits per heavy atom. The van der Waals surface area contributed by atoms with Crippen LogP contribution in [0.5, 0.6) is 11.5 Å². The molecule has 0 unspecified atom stereocenters. The number of fused-ring (bicyclic) bond motifs is 6. The highest BCUT2D eigenvalue weighted by Crippen LogP contribution is 2.55. The highest BCUT2D eigenvalue weighted by molar-refractivity contribution is 7.32. The molecule has 5 heterocycles. The maximum absolute atomic E-state index is 13.7. The quantitative estimate of drug-likeness (QED) is 0.209. The molecule has 0 amide bonds. The van der Waals surface area contributed by atoms with E-state index in [1.54, 1.807) is 48.2 Å². The number of ether oxygens (including phenoxy) is 2. The Morgan fingerprint density at radius 3 is 1.89 bits per heavy atom. The van der Waals surface area contributed by atoms with Gasteiger partial charge >= 0.3 is 0 Å². The molecule has 1 aliphatic carbocycles. The summed E-state index contributed by atoms with van der Waals surface area (Å²) in [6.45, 7) is 8.02. The van der Waals surface area contributed by atoms with Crippen molar-refractivity contribution in [3.05, 3.63) is 53.2 Å². The van der Waals surface area contributed by atoms with Gasteiger partial charge in [0.2, 0.25) is 5.78 Å². The number of hydrogen-bond donors (Lipinski definition) is 0. The summed E-state index contributed by atoms with van der Waals surface area (Å²) in [7, 11) is 3.43. The van der Waals surface area contributed by atoms with Crippen LogP contribution in [-0.2, 0) is 0 Å². The van der Waals surface area contributed by atoms with Gasteiger partial charge in [-0.15, -0.1) is 56.7 Å². The van der Waals surface area contributed by atoms with Gasteiger partial charge in [0.15, 0.2) is 5.78 Å². The van der Waals surface area contributed by atoms with Crippen LogP contribution in [0.4, 0.5) is 0 Å². The lowest BCUT2D eigenvalue weighted by atomic mass is 9.88. The molecule has 0 radical (unpaired) electrons. The molecule has 7 rings (SSSR count). The van der Waals surface area contributed by atoms with Gasteiger partial charge in [0, 0.05) is 51.7 Å². The number of carbonyl (C=O) groups excluding carboxylic acids is 2. The van der Waals surface area contributed by atoms with Crippen LogP contribution < -0.4 is 9.47 Å². The van der Waals surface area contributed by atoms with E-state index in [9.17, 15) is 9.59 Å². The molecular weight excluding hydrogens is 561 g/mol. The van der Waals surface area contributed by atoms with Gasteiger partial charge in [0.05, 0.1) is 43.6 Å². The van der Waals surface area contributed by atoms with Crippen molar-refractivity contribution >= 4 is 98.5 Å². The number of ketones is 2. The molecule has 0 bridgehead atoms. The molecule has 0 N–H and O–H groups in total. The van der Waals surface area contributed by atoms with Crippen LogP contribution in [0.1, 0.15) is 50.7 Å². The zero-order valence-corrected chi connectivity index (χ0v) is 24.9. The van der Waals surface area contributed by atoms with Crippen LogP contribution >= 0.6 is 56.7 Å². The lowest BCUT2D eigenvalue weighted by molar-refractivity contribution is 0.0983. The van der Waals surface area contributed by atoms with Crippen molar-refractivity contribution in [2.45, 2.75) is 27.7 Å². The molecule has 9 heteroatoms. The normalized spacial score (nSPS) is 13.2. The number of thiophene rings is 5. The van der Waals surface area contributed by atoms with E-state index in [4.69, 9.17) is 9.47 Å². The Labute approximate surface area is 232 Å². The largest absolute Gasteiger partial charge is 0.495 e. The smallest absolute Gasteiger partial charge is 0.205 e. The third-order valence-electron chi connectivity index (χ3n) is 6.99. The maximum atomic E-state index is 13.7. The minimum absolute atomic E-state index is 0.0135. The van der Waals surface area contributed by atoms with Crippen molar-refractivity contribution in [1.82, 2.24) is 0 Å². The zero-order chi connectivity index (χ0) is 25.9. The summed E-state index contributed by atoms with van der Waals surface area (Å²) in [5, 5.41) is 3.02. The van der Waals surface area contributed by atoms with Gasteiger partial charge < -0.3 is 9.47 Å². The molecule has 1 aliphatic rings. The topological polar surface area (TPSA) is 52.6 Å². The predicted octanol–water partition coefficient (Wildman–Crippen LogP) is 9.15. The van der Waals surface area contributed by atoms with Crippen molar-refractivity contribution in [2.75, 3.05) is 14.2 Å². The minimum atomic E-state index is -0.0155. The van der Waals surface area contributed by atoms with E-state index in [0.29, 0.717) is 21.6 Å². The minimum Gasteiger partial charge on any atom is -0.495 e. The molecule has 0 spiro atoms. The Hall–Kier alpha value is -2.56. The van der Waals surface area contributed by atoms with Crippen LogP contribution in [0.3, 0.4) is 0 Å². The van der Waals surface area contributed by atoms with Crippen molar-refractivity contribution in [1.29, 1.82) is 0 Å². The summed E-state index contributed by atoms with van der Waals surface area (Å²) in [5.41, 5.74) is 1.78. The van der Waals surface area contributed by atoms with E-state index >= 15 is 0 Å². The van der Waals surface area contributed by atoms with Gasteiger partial charge in [-0.2, -0.15) is 0 Å². The monoisotopic (exact) mass is 580 g/mol. The average Bonchev–Trinajstić information content (AvgIpc) is 3.64. The first-order chi connectivity index (χ1) is 17.7. The van der Waals surface area contributed by atoms with Crippen LogP contribution in [0.25, 0.3) is 40.0 Å². The molecule has 4 nitrogen and oxygen atoms in total. The fourth-order valence-corrected chi connectivity index (χ4v) is 11.6. The highest BCUT2D eigenvalue weighted by Gasteiger charge is 2.38. The van der Waals surface area contributed by atoms with E-state index in [2.05, 4.69) is 26.0 Å². The maximum Gasteiger partial charge on any atom is 0.205 e. The molecule has 0 saturated carbocycles. The second-order valence-electron chi connectivity index (χ2n) is 9.14. The molecule has 1 aromatic carbocycles. The molecule has 186 valence electrons. The standard InChI is InChI=1S/C28H20O4S5/c1-9-7-13-22(31-5)25-14(23(32-6)24(13)33-9)8-15(36-25)26-28-18(12(4)35-26)19-20(29)16-10(2)34-11(3)17(16)21(30)27(19)37-28/h7-8H,1-6H3. The van der Waals surface area contributed by atoms with Gasteiger partial charge in [-0.3, -0.25) is 9.59 Å². The first kappa shape index (κ1) is 23.5. The third kappa shape index (κ3) is 2.97. The second-order valence-corrected chi connectivity index (χ2v) is 15.1. The van der Waals surface area contributed by atoms with Gasteiger partial charge in [0.1, 0.15) is 11.5 Å². The Bertz CT molecular complexity index is 1930. The van der Waals surface area contributed by atoms with Crippen molar-refractivity contribution in [3.63, 3.8) is 0 Å². The van der Waals surface area contributed by atoms with Gasteiger partial charge in [0.25, 0.3) is 0 Å². The van der Waals surface area contributed by atoms with Gasteiger partial charge in [-0.1, -0.05) is 0 Å². The molecule has 0 aliphatic heterocycles. The number of methoxy groups -OCH3 is 2. The van der Waals surface area contributed by atoms with Crippen LogP contribution in [-0.4, -0.2) is 25.8 Å². The van der Waals surface area contributed by atoms with E-state index in [-0.39, 0.29) is 11.6 Å². The van der Waals surface area contributed by atoms with Crippen LogP contribution in [0, 0.1) is 27.7 Å². The first-order valence-corrected chi connectivity index (χ1v) is 15.7. The van der Waals surface area contributed by atoms with Gasteiger partial charge in [-0.25, -0.2) is 0 Å². The lowest BCUT2D eigenvalue weighted by Gasteiger charge is -2.12. The summed E-state index contributed by atoms with van der Waals surface area (Å²) in [6, 6.07) is 4.33. The third-order valence-corrected chi connectivity index (χ3v) is 12.8. The summed E-state index contributed by atoms with van der Waals surface area (Å²) in [6.07, 6.45) is 0. The average molecular weight is 581 g/mol. The number of carbonyl (C=O) groups is 2. The van der Waals surface area contributed by atoms with Crippen LogP contribution in [0.2, 0.25) is 0 Å². The molecular formula is C28H20O4S5. The Kier molecular flexibility index (Phi) is 5.07. The number of aryl methyl sites for hydroxylation is 4. The van der Waals surface area contributed by atoms with Crippen molar-refractivity contribution < 1.29 is 19.1 Å². The van der Waals surface area contributed by atoms with Gasteiger partial charge in [-0.05, 0) is 39.8 Å². The number of benzene rings is 1. The van der Waals surface area contributed by atoms with Crippen molar-refractivity contribution in [3.8, 4) is 21.3 Å². The van der Waals surface area contributed by atoms with Crippen LogP contribution in [0.15, 0.2) is 12.1 Å². The second kappa shape index (κ2) is 7.97. The van der Waals surface area contributed by atoms with E-state index in [1.807, 2.05) is 13.8 Å². The lowest BCUT2D eigenvalue weighted by Crippen LogP contribution is -2.18. The Balaban J connectivity index is 1.51. The fraction of sp³-hybridized carbons (Fsp3) is 0.214. The van der Waals surface area contributed by atoms with Crippen molar-refractivity contribution in [2.24, 2.45) is 0 Å². The summed E-state index contributed by atoms with van der Waals surface area (Å²) in [4.78, 5) is 34.2. The Morgan fingerprint density at radius 1 is 0.595 bits per heavy atom. The summed E-state index contributed by atoms with van der Waals surface area (Å²) < 4.78 is 15.0. The summed E-state index contributed by atoms with van der Waals surface area (Å²) >= 11 is 8.06. The zero-order valence-electron chi connectivity index (χ0n) is 20.8. The van der Waals surface area contributed by atoms with E-state index in [1.165, 1.54) is 27.6 Å². The first-order valence-electron chi connectivity index (χ1n) is 11.6. The highest BCUT2D eigenvalue weighted by atomic mass is 32.1. The predicted molar refractivity (Wildman–Crippen MR) is 159 cm³/mol. The molecule has 5 aromatic heterocycles. The number of hydrogen-bond acceptors (Lipinski definition) is 9. The van der Waals surface area contributed by atoms with E-state index < -0.39 is 0 Å². The molecule has 6 aromatic rings. The molecule has 37 heavy (non-hydrogen) atoms. The van der Waals surface area contributed by atoms with E-state index in [0.717, 1.165) is 66.1 Å². The fourth-order valence-electron chi connectivity index (χ4n) is 5.53. The molecule has 0 atom stereocenters. The summed E-state index contributed by atoms with van der Waals surface area (Å²) in [5.74, 6) is 1.70. The number of rotatable bonds is 3. The SMILES string of the molecule is COc1c2cc(-c3sc(C)c4c5c(sc34)C(=O)c3c(C)sc(C)c3C5=O)sc2c(OC)c2cc(C)sc12. The molecule has 0 saturated heterocycles.